The second kappa shape index (κ2) is 7.08. The molecule has 0 bridgehead atoms. The zero-order valence-corrected chi connectivity index (χ0v) is 21.4. The molecule has 0 saturated heterocycles. The van der Waals surface area contributed by atoms with E-state index in [1.54, 1.807) is 0 Å². The molecule has 5 saturated carbocycles. The van der Waals surface area contributed by atoms with E-state index in [1.165, 1.54) is 37.7 Å². The van der Waals surface area contributed by atoms with E-state index in [9.17, 15) is 10.2 Å². The number of allylic oxidation sites excluding steroid dienone is 1. The highest BCUT2D eigenvalue weighted by Crippen LogP contribution is 2.74. The fraction of sp³-hybridized carbons (Fsp3) is 0.931. The summed E-state index contributed by atoms with van der Waals surface area (Å²) in [5.41, 5.74) is 9.32. The molecule has 3 heteroatoms. The number of hydrogen-bond acceptors (Lipinski definition) is 3. The van der Waals surface area contributed by atoms with E-state index in [0.29, 0.717) is 36.2 Å². The zero-order chi connectivity index (χ0) is 23.3. The molecule has 0 amide bonds. The van der Waals surface area contributed by atoms with Crippen LogP contribution in [0.1, 0.15) is 98.8 Å². The van der Waals surface area contributed by atoms with Gasteiger partial charge in [0.15, 0.2) is 0 Å². The van der Waals surface area contributed by atoms with E-state index in [-0.39, 0.29) is 33.3 Å². The normalized spacial score (nSPS) is 56.5. The molecule has 3 unspecified atom stereocenters. The summed E-state index contributed by atoms with van der Waals surface area (Å²) in [5, 5.41) is 21.5. The maximum atomic E-state index is 10.9. The topological polar surface area (TPSA) is 66.5 Å². The molecule has 0 radical (unpaired) electrons. The summed E-state index contributed by atoms with van der Waals surface area (Å²) >= 11 is 0. The lowest BCUT2D eigenvalue weighted by atomic mass is 9.34. The van der Waals surface area contributed by atoms with Crippen LogP contribution >= 0.6 is 0 Å². The van der Waals surface area contributed by atoms with Crippen LogP contribution in [0.15, 0.2) is 12.2 Å². The van der Waals surface area contributed by atoms with Crippen LogP contribution in [0, 0.1) is 51.2 Å². The van der Waals surface area contributed by atoms with E-state index in [2.05, 4.69) is 41.2 Å². The zero-order valence-electron chi connectivity index (χ0n) is 21.4. The van der Waals surface area contributed by atoms with Gasteiger partial charge >= 0.3 is 0 Å². The van der Waals surface area contributed by atoms with Crippen molar-refractivity contribution in [2.45, 2.75) is 110 Å². The molecule has 10 atom stereocenters. The van der Waals surface area contributed by atoms with E-state index >= 15 is 0 Å². The Kier molecular flexibility index (Phi) is 5.17. The number of nitrogens with two attached hydrogens (primary N) is 1. The average molecular weight is 444 g/mol. The van der Waals surface area contributed by atoms with Crippen LogP contribution in [0.5, 0.6) is 0 Å². The van der Waals surface area contributed by atoms with Crippen molar-refractivity contribution in [1.82, 2.24) is 0 Å². The van der Waals surface area contributed by atoms with Crippen LogP contribution < -0.4 is 5.73 Å². The predicted octanol–water partition coefficient (Wildman–Crippen LogP) is 5.69. The molecule has 5 rings (SSSR count). The Balaban J connectivity index is 1.55. The van der Waals surface area contributed by atoms with Crippen molar-refractivity contribution in [2.75, 3.05) is 6.61 Å². The number of aliphatic hydroxyl groups excluding tert-OH is 2. The van der Waals surface area contributed by atoms with Crippen molar-refractivity contribution in [1.29, 1.82) is 0 Å². The minimum absolute atomic E-state index is 0.0119. The first-order valence-corrected chi connectivity index (χ1v) is 13.6. The summed E-state index contributed by atoms with van der Waals surface area (Å²) in [6.45, 7) is 16.7. The number of rotatable bonds is 2. The van der Waals surface area contributed by atoms with Crippen molar-refractivity contribution in [3.63, 3.8) is 0 Å². The molecule has 5 aliphatic rings. The maximum absolute atomic E-state index is 10.9. The van der Waals surface area contributed by atoms with Crippen molar-refractivity contribution >= 4 is 0 Å². The highest BCUT2D eigenvalue weighted by Gasteiger charge is 2.71. The third-order valence-corrected chi connectivity index (χ3v) is 13.0. The molecular weight excluding hydrogens is 394 g/mol. The molecule has 4 N–H and O–H groups in total. The van der Waals surface area contributed by atoms with E-state index in [1.807, 2.05) is 0 Å². The first kappa shape index (κ1) is 23.4. The minimum atomic E-state index is -0.178. The van der Waals surface area contributed by atoms with Crippen molar-refractivity contribution in [3.05, 3.63) is 12.2 Å². The first-order valence-electron chi connectivity index (χ1n) is 13.6. The molecule has 0 aromatic heterocycles. The third kappa shape index (κ3) is 2.65. The van der Waals surface area contributed by atoms with Crippen molar-refractivity contribution < 1.29 is 10.2 Å². The monoisotopic (exact) mass is 443 g/mol. The van der Waals surface area contributed by atoms with Crippen LogP contribution in [0.4, 0.5) is 0 Å². The van der Waals surface area contributed by atoms with E-state index in [0.717, 1.165) is 32.1 Å². The average Bonchev–Trinajstić information content (AvgIpc) is 3.12. The molecule has 0 heterocycles. The Morgan fingerprint density at radius 3 is 2.28 bits per heavy atom. The molecule has 5 aliphatic carbocycles. The Labute approximate surface area is 196 Å². The van der Waals surface area contributed by atoms with Crippen LogP contribution in [-0.4, -0.2) is 28.5 Å². The molecule has 0 spiro atoms. The van der Waals surface area contributed by atoms with Gasteiger partial charge < -0.3 is 15.9 Å². The Morgan fingerprint density at radius 1 is 0.906 bits per heavy atom. The largest absolute Gasteiger partial charge is 0.396 e. The fourth-order valence-corrected chi connectivity index (χ4v) is 11.2. The lowest BCUT2D eigenvalue weighted by molar-refractivity contribution is -0.224. The molecule has 0 aromatic carbocycles. The van der Waals surface area contributed by atoms with Gasteiger partial charge in [-0.25, -0.2) is 0 Å². The van der Waals surface area contributed by atoms with Gasteiger partial charge in [-0.1, -0.05) is 39.8 Å². The fourth-order valence-electron chi connectivity index (χ4n) is 11.2. The van der Waals surface area contributed by atoms with Gasteiger partial charge in [0.05, 0.1) is 6.10 Å². The Hall–Kier alpha value is -0.380. The van der Waals surface area contributed by atoms with Gasteiger partial charge in [-0.15, -0.1) is 0 Å². The second-order valence-corrected chi connectivity index (χ2v) is 14.2. The van der Waals surface area contributed by atoms with Gasteiger partial charge in [-0.05, 0) is 122 Å². The van der Waals surface area contributed by atoms with Gasteiger partial charge in [0, 0.05) is 12.1 Å². The highest BCUT2D eigenvalue weighted by molar-refractivity contribution is 5.24. The SMILES string of the molecule is C=C(C)C1CCC2(CO)CC[C@]3(N)[C@H](CC[C@@H]4[C@@]5(C)CCC(O)C(C)(C)[C@@H]5CC[C@]43C)[C@@H]12. The summed E-state index contributed by atoms with van der Waals surface area (Å²) in [4.78, 5) is 0. The van der Waals surface area contributed by atoms with Crippen LogP contribution in [0.25, 0.3) is 0 Å². The second-order valence-electron chi connectivity index (χ2n) is 14.2. The summed E-state index contributed by atoms with van der Waals surface area (Å²) in [6.07, 6.45) is 11.2. The van der Waals surface area contributed by atoms with Gasteiger partial charge in [0.25, 0.3) is 0 Å². The summed E-state index contributed by atoms with van der Waals surface area (Å²) in [7, 11) is 0. The molecular formula is C29H49NO2. The van der Waals surface area contributed by atoms with Crippen molar-refractivity contribution in [2.24, 2.45) is 57.0 Å². The van der Waals surface area contributed by atoms with Gasteiger partial charge in [0.1, 0.15) is 0 Å². The summed E-state index contributed by atoms with van der Waals surface area (Å²) in [5.74, 6) is 2.72. The summed E-state index contributed by atoms with van der Waals surface area (Å²) in [6, 6.07) is 0. The number of aliphatic hydroxyl groups is 2. The van der Waals surface area contributed by atoms with Crippen LogP contribution in [-0.2, 0) is 0 Å². The summed E-state index contributed by atoms with van der Waals surface area (Å²) < 4.78 is 0. The Morgan fingerprint density at radius 2 is 1.62 bits per heavy atom. The van der Waals surface area contributed by atoms with Gasteiger partial charge in [0.2, 0.25) is 0 Å². The lowest BCUT2D eigenvalue weighted by Gasteiger charge is -2.72. The number of fused-ring (bicyclic) bond motifs is 7. The van der Waals surface area contributed by atoms with Crippen molar-refractivity contribution in [3.8, 4) is 0 Å². The van der Waals surface area contributed by atoms with Gasteiger partial charge in [-0.2, -0.15) is 0 Å². The quantitative estimate of drug-likeness (QED) is 0.480. The standard InChI is InChI=1S/C29H49NO2/c1-18(2)19-9-14-28(17-31)15-16-29(30)20(24(19)28)7-8-22-26(5)12-11-23(32)25(3,4)21(26)10-13-27(22,29)6/h19-24,31-32H,1,7-17,30H2,2-6H3/t19?,20-,21+,22-,23?,24-,26+,27-,28?,29+/m1/s1. The van der Waals surface area contributed by atoms with Crippen LogP contribution in [0.2, 0.25) is 0 Å². The molecule has 3 nitrogen and oxygen atoms in total. The van der Waals surface area contributed by atoms with Crippen LogP contribution in [0.3, 0.4) is 0 Å². The predicted molar refractivity (Wildman–Crippen MR) is 131 cm³/mol. The van der Waals surface area contributed by atoms with E-state index < -0.39 is 0 Å². The lowest BCUT2D eigenvalue weighted by Crippen LogP contribution is -2.74. The minimum Gasteiger partial charge on any atom is -0.396 e. The highest BCUT2D eigenvalue weighted by atomic mass is 16.3. The molecule has 0 aliphatic heterocycles. The number of hydrogen-bond donors (Lipinski definition) is 3. The Bertz CT molecular complexity index is 792. The molecule has 0 aromatic rings. The first-order chi connectivity index (χ1) is 14.9. The molecule has 5 fully saturated rings. The van der Waals surface area contributed by atoms with E-state index in [4.69, 9.17) is 5.73 Å². The molecule has 32 heavy (non-hydrogen) atoms. The molecule has 182 valence electrons. The maximum Gasteiger partial charge on any atom is 0.0594 e. The van der Waals surface area contributed by atoms with Gasteiger partial charge in [-0.3, -0.25) is 0 Å². The third-order valence-electron chi connectivity index (χ3n) is 13.0. The smallest absolute Gasteiger partial charge is 0.0594 e.